The molecule has 198 valence electrons. The second kappa shape index (κ2) is 9.21. The summed E-state index contributed by atoms with van der Waals surface area (Å²) in [5.74, 6) is 0.860. The van der Waals surface area contributed by atoms with Gasteiger partial charge in [-0.2, -0.15) is 0 Å². The van der Waals surface area contributed by atoms with Crippen LogP contribution in [0, 0.1) is 6.92 Å². The van der Waals surface area contributed by atoms with Crippen molar-refractivity contribution in [1.29, 1.82) is 0 Å². The van der Waals surface area contributed by atoms with Crippen LogP contribution < -0.4 is 4.52 Å². The Morgan fingerprint density at radius 2 is 1.03 bits per heavy atom. The van der Waals surface area contributed by atoms with E-state index in [2.05, 4.69) is 133 Å². The number of hydrogen-bond donors (Lipinski definition) is 0. The third kappa shape index (κ3) is 4.60. The van der Waals surface area contributed by atoms with E-state index in [-0.39, 0.29) is 10.8 Å². The van der Waals surface area contributed by atoms with E-state index >= 15 is 0 Å². The lowest BCUT2D eigenvalue weighted by atomic mass is 9.78. The number of rotatable bonds is 2. The third-order valence-corrected chi connectivity index (χ3v) is 8.42. The topological polar surface area (TPSA) is 35.5 Å². The fourth-order valence-electron chi connectivity index (χ4n) is 5.45. The van der Waals surface area contributed by atoms with Gasteiger partial charge in [-0.05, 0) is 51.4 Å². The van der Waals surface area contributed by atoms with Gasteiger partial charge in [0.05, 0.1) is 0 Å². The summed E-state index contributed by atoms with van der Waals surface area (Å²) in [4.78, 5) is 0. The van der Waals surface area contributed by atoms with Crippen molar-refractivity contribution in [2.45, 2.75) is 59.3 Å². The quantitative estimate of drug-likeness (QED) is 0.222. The van der Waals surface area contributed by atoms with Crippen molar-refractivity contribution in [2.75, 3.05) is 0 Å². The van der Waals surface area contributed by atoms with E-state index in [9.17, 15) is 0 Å². The molecule has 6 aromatic rings. The van der Waals surface area contributed by atoms with Crippen LogP contribution in [0.1, 0.15) is 58.2 Å². The van der Waals surface area contributed by atoms with Gasteiger partial charge in [-0.25, -0.2) is 0 Å². The van der Waals surface area contributed by atoms with Gasteiger partial charge >= 0.3 is 8.24 Å². The Morgan fingerprint density at radius 3 is 1.46 bits per heavy atom. The molecule has 0 radical (unpaired) electrons. The molecule has 5 aromatic carbocycles. The first-order chi connectivity index (χ1) is 18.5. The summed E-state index contributed by atoms with van der Waals surface area (Å²) in [6.45, 7) is 15.5. The minimum absolute atomic E-state index is 0.120. The Kier molecular flexibility index (Phi) is 6.04. The van der Waals surface area contributed by atoms with E-state index in [4.69, 9.17) is 12.9 Å². The molecule has 0 aliphatic carbocycles. The molecule has 0 fully saturated rings. The van der Waals surface area contributed by atoms with Crippen LogP contribution in [-0.2, 0) is 10.8 Å². The summed E-state index contributed by atoms with van der Waals surface area (Å²) in [7, 11) is -1.79. The molecule has 1 aromatic heterocycles. The predicted octanol–water partition coefficient (Wildman–Crippen LogP) is 11.3. The molecule has 0 saturated heterocycles. The van der Waals surface area contributed by atoms with Crippen LogP contribution in [0.5, 0.6) is 5.75 Å². The summed E-state index contributed by atoms with van der Waals surface area (Å²) in [6.07, 6.45) is 0. The zero-order valence-electron chi connectivity index (χ0n) is 23.8. The zero-order valence-corrected chi connectivity index (χ0v) is 24.6. The van der Waals surface area contributed by atoms with Crippen LogP contribution in [0.3, 0.4) is 0 Å². The van der Waals surface area contributed by atoms with E-state index in [0.717, 1.165) is 60.4 Å². The van der Waals surface area contributed by atoms with E-state index < -0.39 is 8.24 Å². The number of hydrogen-bond acceptors (Lipinski definition) is 3. The largest absolute Gasteiger partial charge is 0.453 e. The first-order valence-electron chi connectivity index (χ1n) is 13.5. The number of benzene rings is 5. The van der Waals surface area contributed by atoms with Crippen molar-refractivity contribution >= 4 is 51.7 Å². The lowest BCUT2D eigenvalue weighted by molar-refractivity contribution is 0.458. The van der Waals surface area contributed by atoms with Gasteiger partial charge in [0.2, 0.25) is 0 Å². The van der Waals surface area contributed by atoms with E-state index in [1.165, 1.54) is 5.56 Å². The first-order valence-corrected chi connectivity index (χ1v) is 14.6. The molecule has 0 aliphatic rings. The highest BCUT2D eigenvalue weighted by Crippen LogP contribution is 2.47. The molecular formula is C35H35O3P. The van der Waals surface area contributed by atoms with Gasteiger partial charge in [0.25, 0.3) is 0 Å². The van der Waals surface area contributed by atoms with E-state index in [1.54, 1.807) is 0 Å². The van der Waals surface area contributed by atoms with Crippen LogP contribution in [0.15, 0.2) is 93.3 Å². The molecule has 6 rings (SSSR count). The first kappa shape index (κ1) is 25.6. The molecule has 0 atom stereocenters. The molecule has 0 spiro atoms. The molecule has 0 unspecified atom stereocenters. The van der Waals surface area contributed by atoms with E-state index in [1.807, 2.05) is 0 Å². The van der Waals surface area contributed by atoms with Crippen molar-refractivity contribution < 1.29 is 12.9 Å². The van der Waals surface area contributed by atoms with Crippen molar-refractivity contribution in [3.8, 4) is 5.75 Å². The summed E-state index contributed by atoms with van der Waals surface area (Å²) in [5.41, 5.74) is 4.84. The number of aryl methyl sites for hydroxylation is 1. The van der Waals surface area contributed by atoms with Crippen molar-refractivity contribution in [3.63, 3.8) is 0 Å². The van der Waals surface area contributed by atoms with Crippen LogP contribution in [0.4, 0.5) is 0 Å². The fraction of sp³-hybridized carbons (Fsp3) is 0.257. The third-order valence-electron chi connectivity index (χ3n) is 7.39. The van der Waals surface area contributed by atoms with Gasteiger partial charge in [-0.15, -0.1) is 0 Å². The Morgan fingerprint density at radius 1 is 0.590 bits per heavy atom. The number of fused-ring (bicyclic) bond motifs is 7. The van der Waals surface area contributed by atoms with Crippen LogP contribution in [-0.4, -0.2) is 0 Å². The molecule has 0 amide bonds. The Balaban J connectivity index is 1.73. The molecule has 0 bridgehead atoms. The molecule has 4 heteroatoms. The molecule has 1 heterocycles. The van der Waals surface area contributed by atoms with Crippen molar-refractivity contribution in [3.05, 3.63) is 102 Å². The zero-order chi connectivity index (χ0) is 27.5. The summed E-state index contributed by atoms with van der Waals surface area (Å²) < 4.78 is 20.2. The van der Waals surface area contributed by atoms with Gasteiger partial charge in [0.1, 0.15) is 16.9 Å². The van der Waals surface area contributed by atoms with Gasteiger partial charge < -0.3 is 12.9 Å². The molecular weight excluding hydrogens is 499 g/mol. The average molecular weight is 535 g/mol. The predicted molar refractivity (Wildman–Crippen MR) is 166 cm³/mol. The minimum atomic E-state index is -1.79. The fourth-order valence-corrected chi connectivity index (χ4v) is 6.53. The monoisotopic (exact) mass is 534 g/mol. The summed E-state index contributed by atoms with van der Waals surface area (Å²) in [6, 6.07) is 29.7. The van der Waals surface area contributed by atoms with Gasteiger partial charge in [-0.3, -0.25) is 0 Å². The summed E-state index contributed by atoms with van der Waals surface area (Å²) in [5, 5.41) is 6.68. The van der Waals surface area contributed by atoms with Crippen molar-refractivity contribution in [2.24, 2.45) is 0 Å². The standard InChI is InChI=1S/C35H35O3P/c1-22-20-27(34(2,3)4)33(28(21-22)35(5,6)7)38-39-36-29-18-16-23-12-8-10-14-25(23)31(29)32-26-15-11-9-13-24(26)17-19-30(32)37-39/h8-21H,1-7H3. The highest BCUT2D eigenvalue weighted by Gasteiger charge is 2.29. The Labute approximate surface area is 231 Å². The van der Waals surface area contributed by atoms with Crippen LogP contribution in [0.25, 0.3) is 43.5 Å². The Bertz CT molecular complexity index is 1780. The maximum Gasteiger partial charge on any atom is 0.453 e. The normalized spacial score (nSPS) is 12.5. The molecule has 0 aliphatic heterocycles. The lowest BCUT2D eigenvalue weighted by Gasteiger charge is -2.29. The smallest absolute Gasteiger partial charge is 0.390 e. The molecule has 0 N–H and O–H groups in total. The second-order valence-corrected chi connectivity index (χ2v) is 13.5. The maximum absolute atomic E-state index is 6.86. The van der Waals surface area contributed by atoms with Crippen LogP contribution >= 0.6 is 8.24 Å². The van der Waals surface area contributed by atoms with E-state index in [0.29, 0.717) is 0 Å². The molecule has 3 nitrogen and oxygen atoms in total. The molecule has 39 heavy (non-hydrogen) atoms. The lowest BCUT2D eigenvalue weighted by Crippen LogP contribution is -2.19. The second-order valence-electron chi connectivity index (χ2n) is 12.5. The summed E-state index contributed by atoms with van der Waals surface area (Å²) >= 11 is 0. The van der Waals surface area contributed by atoms with Gasteiger partial charge in [0.15, 0.2) is 0 Å². The highest BCUT2D eigenvalue weighted by atomic mass is 31.1. The maximum atomic E-state index is 6.86. The van der Waals surface area contributed by atoms with Gasteiger partial charge in [-0.1, -0.05) is 120 Å². The Hall–Kier alpha value is -3.68. The van der Waals surface area contributed by atoms with Crippen LogP contribution in [0.2, 0.25) is 0 Å². The SMILES string of the molecule is Cc1cc(C(C)(C)C)c(Op2oc3ccc4ccccc4c3c3c(ccc4ccccc43)o2)c(C(C)(C)C)c1. The van der Waals surface area contributed by atoms with Crippen molar-refractivity contribution in [1.82, 2.24) is 0 Å². The minimum Gasteiger partial charge on any atom is -0.390 e. The highest BCUT2D eigenvalue weighted by molar-refractivity contribution is 7.32. The van der Waals surface area contributed by atoms with Gasteiger partial charge in [0, 0.05) is 21.9 Å². The molecule has 0 saturated carbocycles. The average Bonchev–Trinajstić information content (AvgIpc) is 3.04.